The lowest BCUT2D eigenvalue weighted by atomic mass is 9.89. The van der Waals surface area contributed by atoms with Crippen molar-refractivity contribution in [1.82, 2.24) is 9.55 Å². The molecule has 0 aromatic carbocycles. The monoisotopic (exact) mass is 208 g/mol. The summed E-state index contributed by atoms with van der Waals surface area (Å²) in [5.74, 6) is 0.843. The molecule has 1 heterocycles. The number of rotatable bonds is 2. The van der Waals surface area contributed by atoms with Crippen LogP contribution in [0.25, 0.3) is 0 Å². The molecule has 2 rings (SSSR count). The normalized spacial score (nSPS) is 29.6. The lowest BCUT2D eigenvalue weighted by Crippen LogP contribution is -2.27. The van der Waals surface area contributed by atoms with Crippen molar-refractivity contribution in [3.63, 3.8) is 0 Å². The fourth-order valence-corrected chi connectivity index (χ4v) is 2.68. The maximum absolute atomic E-state index is 10.6. The molecule has 1 aromatic heterocycles. The summed E-state index contributed by atoms with van der Waals surface area (Å²) in [6, 6.07) is 0. The first-order valence-electron chi connectivity index (χ1n) is 5.71. The van der Waals surface area contributed by atoms with Gasteiger partial charge in [-0.25, -0.2) is 4.98 Å². The maximum Gasteiger partial charge on any atom is 0.140 e. The Morgan fingerprint density at radius 2 is 2.20 bits per heavy atom. The van der Waals surface area contributed by atoms with Crippen LogP contribution in [0.1, 0.15) is 45.9 Å². The lowest BCUT2D eigenvalue weighted by Gasteiger charge is -2.25. The van der Waals surface area contributed by atoms with Crippen LogP contribution in [0.5, 0.6) is 0 Å². The summed E-state index contributed by atoms with van der Waals surface area (Å²) < 4.78 is 2.04. The SMILES string of the molecule is CCn1ccnc1C1(O)CCC(C)(C)C1. The van der Waals surface area contributed by atoms with E-state index in [1.54, 1.807) is 6.20 Å². The Kier molecular flexibility index (Phi) is 2.38. The Hall–Kier alpha value is -0.830. The Bertz CT molecular complexity index is 356. The molecule has 1 fully saturated rings. The van der Waals surface area contributed by atoms with Gasteiger partial charge < -0.3 is 9.67 Å². The van der Waals surface area contributed by atoms with Crippen molar-refractivity contribution in [2.75, 3.05) is 0 Å². The first kappa shape index (κ1) is 10.7. The standard InChI is InChI=1S/C12H20N2O/c1-4-14-8-7-13-10(14)12(15)6-5-11(2,3)9-12/h7-8,15H,4-6,9H2,1-3H3. The minimum Gasteiger partial charge on any atom is -0.382 e. The van der Waals surface area contributed by atoms with Gasteiger partial charge in [-0.05, 0) is 31.6 Å². The van der Waals surface area contributed by atoms with E-state index in [9.17, 15) is 5.11 Å². The van der Waals surface area contributed by atoms with Gasteiger partial charge in [-0.2, -0.15) is 0 Å². The van der Waals surface area contributed by atoms with E-state index in [1.165, 1.54) is 0 Å². The van der Waals surface area contributed by atoms with Gasteiger partial charge in [-0.1, -0.05) is 13.8 Å². The Labute approximate surface area is 91.1 Å². The van der Waals surface area contributed by atoms with Crippen LogP contribution in [-0.4, -0.2) is 14.7 Å². The van der Waals surface area contributed by atoms with Crippen LogP contribution in [0, 0.1) is 5.41 Å². The number of nitrogens with zero attached hydrogens (tertiary/aromatic N) is 2. The predicted molar refractivity (Wildman–Crippen MR) is 59.4 cm³/mol. The average molecular weight is 208 g/mol. The second-order valence-electron chi connectivity index (χ2n) is 5.41. The summed E-state index contributed by atoms with van der Waals surface area (Å²) in [6.07, 6.45) is 6.44. The molecule has 1 aliphatic rings. The van der Waals surface area contributed by atoms with Gasteiger partial charge in [0.25, 0.3) is 0 Å². The van der Waals surface area contributed by atoms with Gasteiger partial charge >= 0.3 is 0 Å². The molecule has 15 heavy (non-hydrogen) atoms. The topological polar surface area (TPSA) is 38.0 Å². The van der Waals surface area contributed by atoms with Gasteiger partial charge in [0.05, 0.1) is 0 Å². The summed E-state index contributed by atoms with van der Waals surface area (Å²) in [5, 5.41) is 10.6. The second-order valence-corrected chi connectivity index (χ2v) is 5.41. The molecule has 1 N–H and O–H groups in total. The van der Waals surface area contributed by atoms with Crippen LogP contribution in [0.2, 0.25) is 0 Å². The fraction of sp³-hybridized carbons (Fsp3) is 0.750. The summed E-state index contributed by atoms with van der Waals surface area (Å²) in [7, 11) is 0. The van der Waals surface area contributed by atoms with Gasteiger partial charge in [0, 0.05) is 18.9 Å². The van der Waals surface area contributed by atoms with Crippen molar-refractivity contribution in [2.24, 2.45) is 5.41 Å². The summed E-state index contributed by atoms with van der Waals surface area (Å²) in [5.41, 5.74) is -0.470. The van der Waals surface area contributed by atoms with Gasteiger partial charge in [0.2, 0.25) is 0 Å². The average Bonchev–Trinajstić information content (AvgIpc) is 2.71. The molecule has 3 nitrogen and oxygen atoms in total. The predicted octanol–water partition coefficient (Wildman–Crippen LogP) is 2.30. The van der Waals surface area contributed by atoms with Crippen molar-refractivity contribution < 1.29 is 5.11 Å². The molecule has 84 valence electrons. The second kappa shape index (κ2) is 3.34. The van der Waals surface area contributed by atoms with Crippen LogP contribution in [0.4, 0.5) is 0 Å². The highest BCUT2D eigenvalue weighted by atomic mass is 16.3. The Balaban J connectivity index is 2.31. The number of hydrogen-bond acceptors (Lipinski definition) is 2. The summed E-state index contributed by atoms with van der Waals surface area (Å²) in [6.45, 7) is 7.38. The molecule has 0 radical (unpaired) electrons. The highest BCUT2D eigenvalue weighted by Gasteiger charge is 2.45. The fourth-order valence-electron chi connectivity index (χ4n) is 2.68. The number of hydrogen-bond donors (Lipinski definition) is 1. The molecular weight excluding hydrogens is 188 g/mol. The molecule has 0 spiro atoms. The van der Waals surface area contributed by atoms with E-state index in [1.807, 2.05) is 10.8 Å². The molecule has 0 amide bonds. The molecule has 3 heteroatoms. The zero-order valence-electron chi connectivity index (χ0n) is 9.82. The third kappa shape index (κ3) is 1.81. The van der Waals surface area contributed by atoms with Crippen LogP contribution < -0.4 is 0 Å². The molecular formula is C12H20N2O. The molecule has 1 aliphatic carbocycles. The van der Waals surface area contributed by atoms with Crippen molar-refractivity contribution in [2.45, 2.75) is 52.2 Å². The van der Waals surface area contributed by atoms with Crippen LogP contribution in [-0.2, 0) is 12.1 Å². The molecule has 0 bridgehead atoms. The zero-order valence-corrected chi connectivity index (χ0v) is 9.82. The van der Waals surface area contributed by atoms with Crippen LogP contribution in [0.3, 0.4) is 0 Å². The lowest BCUT2D eigenvalue weighted by molar-refractivity contribution is 0.0215. The molecule has 1 aromatic rings. The van der Waals surface area contributed by atoms with Crippen molar-refractivity contribution in [3.8, 4) is 0 Å². The van der Waals surface area contributed by atoms with E-state index in [-0.39, 0.29) is 5.41 Å². The molecule has 1 atom stereocenters. The van der Waals surface area contributed by atoms with Crippen molar-refractivity contribution in [1.29, 1.82) is 0 Å². The van der Waals surface area contributed by atoms with E-state index in [0.29, 0.717) is 0 Å². The minimum absolute atomic E-state index is 0.235. The highest BCUT2D eigenvalue weighted by molar-refractivity contribution is 5.10. The van der Waals surface area contributed by atoms with E-state index in [2.05, 4.69) is 25.8 Å². The maximum atomic E-state index is 10.6. The van der Waals surface area contributed by atoms with Gasteiger partial charge in [0.1, 0.15) is 11.4 Å². The molecule has 1 saturated carbocycles. The van der Waals surface area contributed by atoms with Crippen molar-refractivity contribution in [3.05, 3.63) is 18.2 Å². The number of aliphatic hydroxyl groups is 1. The van der Waals surface area contributed by atoms with E-state index < -0.39 is 5.60 Å². The summed E-state index contributed by atoms with van der Waals surface area (Å²) >= 11 is 0. The summed E-state index contributed by atoms with van der Waals surface area (Å²) in [4.78, 5) is 4.32. The highest BCUT2D eigenvalue weighted by Crippen LogP contribution is 2.48. The minimum atomic E-state index is -0.705. The third-order valence-corrected chi connectivity index (χ3v) is 3.46. The number of aromatic nitrogens is 2. The van der Waals surface area contributed by atoms with E-state index in [4.69, 9.17) is 0 Å². The largest absolute Gasteiger partial charge is 0.382 e. The number of imidazole rings is 1. The smallest absolute Gasteiger partial charge is 0.140 e. The molecule has 0 aliphatic heterocycles. The zero-order chi connectivity index (χ0) is 11.1. The van der Waals surface area contributed by atoms with E-state index >= 15 is 0 Å². The van der Waals surface area contributed by atoms with Gasteiger partial charge in [-0.3, -0.25) is 0 Å². The molecule has 1 unspecified atom stereocenters. The van der Waals surface area contributed by atoms with Crippen molar-refractivity contribution >= 4 is 0 Å². The van der Waals surface area contributed by atoms with Gasteiger partial charge in [-0.15, -0.1) is 0 Å². The Morgan fingerprint density at radius 3 is 2.73 bits per heavy atom. The van der Waals surface area contributed by atoms with Crippen LogP contribution in [0.15, 0.2) is 12.4 Å². The first-order chi connectivity index (χ1) is 6.97. The third-order valence-electron chi connectivity index (χ3n) is 3.46. The first-order valence-corrected chi connectivity index (χ1v) is 5.71. The number of aryl methyl sites for hydroxylation is 1. The van der Waals surface area contributed by atoms with Gasteiger partial charge in [0.15, 0.2) is 0 Å². The Morgan fingerprint density at radius 1 is 1.47 bits per heavy atom. The molecule has 0 saturated heterocycles. The van der Waals surface area contributed by atoms with E-state index in [0.717, 1.165) is 31.6 Å². The quantitative estimate of drug-likeness (QED) is 0.809. The van der Waals surface area contributed by atoms with Crippen LogP contribution >= 0.6 is 0 Å².